The molecule has 0 aliphatic heterocycles. The lowest BCUT2D eigenvalue weighted by molar-refractivity contribution is 0.337. The summed E-state index contributed by atoms with van der Waals surface area (Å²) in [6.45, 7) is 10.5. The largest absolute Gasteiger partial charge is 0.494 e. The second-order valence-corrected chi connectivity index (χ2v) is 5.12. The van der Waals surface area contributed by atoms with E-state index in [0.717, 1.165) is 18.8 Å². The Balaban J connectivity index is 2.53. The van der Waals surface area contributed by atoms with Gasteiger partial charge in [-0.2, -0.15) is 0 Å². The molecule has 0 bridgehead atoms. The van der Waals surface area contributed by atoms with Crippen LogP contribution in [0.1, 0.15) is 31.9 Å². The summed E-state index contributed by atoms with van der Waals surface area (Å²) in [4.78, 5) is 0. The molecule has 3 N–H and O–H groups in total. The number of nitrogens with two attached hydrogens (primary N) is 1. The van der Waals surface area contributed by atoms with Gasteiger partial charge in [-0.05, 0) is 44.9 Å². The number of nitrogens with one attached hydrogen (secondary N) is 1. The molecule has 0 saturated carbocycles. The first-order valence-electron chi connectivity index (χ1n) is 6.14. The average Bonchev–Trinajstić information content (AvgIpc) is 2.20. The quantitative estimate of drug-likeness (QED) is 0.796. The molecule has 96 valence electrons. The third-order valence-electron chi connectivity index (χ3n) is 2.45. The molecule has 0 unspecified atom stereocenters. The van der Waals surface area contributed by atoms with Crippen LogP contribution in [0.4, 0.5) is 0 Å². The zero-order chi connectivity index (χ0) is 12.9. The Hall–Kier alpha value is -1.06. The smallest absolute Gasteiger partial charge is 0.122 e. The van der Waals surface area contributed by atoms with Gasteiger partial charge in [-0.25, -0.2) is 0 Å². The van der Waals surface area contributed by atoms with Crippen molar-refractivity contribution in [1.29, 1.82) is 0 Å². The van der Waals surface area contributed by atoms with E-state index in [1.54, 1.807) is 0 Å². The molecule has 1 rings (SSSR count). The second-order valence-electron chi connectivity index (χ2n) is 5.12. The van der Waals surface area contributed by atoms with Crippen LogP contribution in [0.15, 0.2) is 18.2 Å². The first kappa shape index (κ1) is 14.0. The molecule has 0 heterocycles. The van der Waals surface area contributed by atoms with Crippen molar-refractivity contribution in [3.8, 4) is 5.75 Å². The molecule has 0 aliphatic carbocycles. The zero-order valence-electron chi connectivity index (χ0n) is 11.3. The Morgan fingerprint density at radius 2 is 2.06 bits per heavy atom. The van der Waals surface area contributed by atoms with Crippen LogP contribution in [0, 0.1) is 6.92 Å². The van der Waals surface area contributed by atoms with Gasteiger partial charge in [-0.3, -0.25) is 0 Å². The molecule has 1 aromatic rings. The molecular weight excluding hydrogens is 212 g/mol. The number of ether oxygens (including phenoxy) is 1. The van der Waals surface area contributed by atoms with E-state index in [1.165, 1.54) is 11.1 Å². The molecule has 3 nitrogen and oxygen atoms in total. The summed E-state index contributed by atoms with van der Waals surface area (Å²) >= 11 is 0. The lowest BCUT2D eigenvalue weighted by Crippen LogP contribution is -2.42. The molecule has 1 aromatic carbocycles. The standard InChI is InChI=1S/C14H24N2O/c1-5-17-13-7-6-12(8-11(13)2)9-16-10-14(3,4)15/h6-8,16H,5,9-10,15H2,1-4H3. The van der Waals surface area contributed by atoms with E-state index in [1.807, 2.05) is 26.8 Å². The number of benzene rings is 1. The van der Waals surface area contributed by atoms with E-state index in [0.29, 0.717) is 6.61 Å². The Morgan fingerprint density at radius 3 is 2.59 bits per heavy atom. The topological polar surface area (TPSA) is 47.3 Å². The van der Waals surface area contributed by atoms with Crippen molar-refractivity contribution < 1.29 is 4.74 Å². The van der Waals surface area contributed by atoms with Gasteiger partial charge in [0.2, 0.25) is 0 Å². The predicted molar refractivity (Wildman–Crippen MR) is 72.3 cm³/mol. The number of rotatable bonds is 6. The lowest BCUT2D eigenvalue weighted by Gasteiger charge is -2.19. The fourth-order valence-corrected chi connectivity index (χ4v) is 1.67. The van der Waals surface area contributed by atoms with E-state index in [4.69, 9.17) is 10.5 Å². The van der Waals surface area contributed by atoms with Crippen molar-refractivity contribution in [2.75, 3.05) is 13.2 Å². The van der Waals surface area contributed by atoms with Crippen molar-refractivity contribution in [1.82, 2.24) is 5.32 Å². The highest BCUT2D eigenvalue weighted by atomic mass is 16.5. The van der Waals surface area contributed by atoms with Gasteiger partial charge in [-0.1, -0.05) is 12.1 Å². The maximum absolute atomic E-state index is 5.91. The highest BCUT2D eigenvalue weighted by molar-refractivity contribution is 5.36. The van der Waals surface area contributed by atoms with E-state index >= 15 is 0 Å². The molecule has 17 heavy (non-hydrogen) atoms. The van der Waals surface area contributed by atoms with Crippen LogP contribution < -0.4 is 15.8 Å². The normalized spacial score (nSPS) is 11.6. The third-order valence-corrected chi connectivity index (χ3v) is 2.45. The van der Waals surface area contributed by atoms with E-state index in [9.17, 15) is 0 Å². The van der Waals surface area contributed by atoms with Gasteiger partial charge >= 0.3 is 0 Å². The summed E-state index contributed by atoms with van der Waals surface area (Å²) in [5.41, 5.74) is 8.18. The summed E-state index contributed by atoms with van der Waals surface area (Å²) in [6, 6.07) is 6.28. The van der Waals surface area contributed by atoms with Crippen LogP contribution >= 0.6 is 0 Å². The average molecular weight is 236 g/mol. The molecule has 0 saturated heterocycles. The fourth-order valence-electron chi connectivity index (χ4n) is 1.67. The SMILES string of the molecule is CCOc1ccc(CNCC(C)(C)N)cc1C. The molecule has 0 spiro atoms. The van der Waals surface area contributed by atoms with Crippen molar-refractivity contribution in [3.63, 3.8) is 0 Å². The van der Waals surface area contributed by atoms with Gasteiger partial charge in [0.15, 0.2) is 0 Å². The summed E-state index contributed by atoms with van der Waals surface area (Å²) in [7, 11) is 0. The minimum atomic E-state index is -0.166. The summed E-state index contributed by atoms with van der Waals surface area (Å²) in [5, 5.41) is 3.35. The number of hydrogen-bond donors (Lipinski definition) is 2. The van der Waals surface area contributed by atoms with E-state index in [2.05, 4.69) is 24.4 Å². The molecule has 0 fully saturated rings. The van der Waals surface area contributed by atoms with Crippen molar-refractivity contribution in [2.45, 2.75) is 39.8 Å². The van der Waals surface area contributed by atoms with Gasteiger partial charge in [-0.15, -0.1) is 0 Å². The molecular formula is C14H24N2O. The van der Waals surface area contributed by atoms with Gasteiger partial charge in [0.25, 0.3) is 0 Å². The first-order valence-corrected chi connectivity index (χ1v) is 6.14. The highest BCUT2D eigenvalue weighted by Crippen LogP contribution is 2.18. The third kappa shape index (κ3) is 5.20. The predicted octanol–water partition coefficient (Wildman–Crippen LogP) is 2.22. The van der Waals surface area contributed by atoms with Crippen molar-refractivity contribution >= 4 is 0 Å². The number of hydrogen-bond acceptors (Lipinski definition) is 3. The molecule has 0 aliphatic rings. The zero-order valence-corrected chi connectivity index (χ0v) is 11.3. The van der Waals surface area contributed by atoms with Crippen LogP contribution in [0.25, 0.3) is 0 Å². The van der Waals surface area contributed by atoms with Crippen molar-refractivity contribution in [2.24, 2.45) is 5.73 Å². The number of aryl methyl sites for hydroxylation is 1. The minimum absolute atomic E-state index is 0.166. The molecule has 0 amide bonds. The van der Waals surface area contributed by atoms with Crippen LogP contribution in [-0.2, 0) is 6.54 Å². The minimum Gasteiger partial charge on any atom is -0.494 e. The van der Waals surface area contributed by atoms with Crippen LogP contribution in [-0.4, -0.2) is 18.7 Å². The summed E-state index contributed by atoms with van der Waals surface area (Å²) in [5.74, 6) is 0.968. The van der Waals surface area contributed by atoms with Crippen LogP contribution in [0.5, 0.6) is 5.75 Å². The van der Waals surface area contributed by atoms with Crippen LogP contribution in [0.3, 0.4) is 0 Å². The van der Waals surface area contributed by atoms with Gasteiger partial charge in [0.1, 0.15) is 5.75 Å². The maximum atomic E-state index is 5.91. The van der Waals surface area contributed by atoms with Gasteiger partial charge < -0.3 is 15.8 Å². The second kappa shape index (κ2) is 6.03. The fraction of sp³-hybridized carbons (Fsp3) is 0.571. The highest BCUT2D eigenvalue weighted by Gasteiger charge is 2.09. The monoisotopic (exact) mass is 236 g/mol. The van der Waals surface area contributed by atoms with E-state index < -0.39 is 0 Å². The maximum Gasteiger partial charge on any atom is 0.122 e. The molecule has 0 aromatic heterocycles. The van der Waals surface area contributed by atoms with Gasteiger partial charge in [0, 0.05) is 18.6 Å². The molecule has 0 radical (unpaired) electrons. The molecule has 0 atom stereocenters. The van der Waals surface area contributed by atoms with Crippen molar-refractivity contribution in [3.05, 3.63) is 29.3 Å². The van der Waals surface area contributed by atoms with Crippen LogP contribution in [0.2, 0.25) is 0 Å². The Bertz CT molecular complexity index is 356. The Morgan fingerprint density at radius 1 is 1.35 bits per heavy atom. The Kier molecular flexibility index (Phi) is 4.97. The van der Waals surface area contributed by atoms with E-state index in [-0.39, 0.29) is 5.54 Å². The lowest BCUT2D eigenvalue weighted by atomic mass is 10.1. The van der Waals surface area contributed by atoms with Gasteiger partial charge in [0.05, 0.1) is 6.61 Å². The molecule has 3 heteroatoms. The summed E-state index contributed by atoms with van der Waals surface area (Å²) < 4.78 is 5.51. The Labute approximate surface area is 104 Å². The summed E-state index contributed by atoms with van der Waals surface area (Å²) in [6.07, 6.45) is 0. The first-order chi connectivity index (χ1) is 7.92.